The van der Waals surface area contributed by atoms with Crippen LogP contribution < -0.4 is 5.32 Å². The molecule has 2 aromatic rings. The third-order valence-electron chi connectivity index (χ3n) is 3.26. The minimum absolute atomic E-state index is 0.00756. The Morgan fingerprint density at radius 2 is 1.87 bits per heavy atom. The smallest absolute Gasteiger partial charge is 0.238 e. The summed E-state index contributed by atoms with van der Waals surface area (Å²) in [5.74, 6) is -4.81. The molecule has 122 valence electrons. The van der Waals surface area contributed by atoms with E-state index in [1.807, 2.05) is 31.2 Å². The summed E-state index contributed by atoms with van der Waals surface area (Å²) in [6.45, 7) is 2.50. The number of carbonyl (C=O) groups excluding carboxylic acids is 1. The Kier molecular flexibility index (Phi) is 5.39. The number of amides is 1. The van der Waals surface area contributed by atoms with E-state index in [0.717, 1.165) is 23.3 Å². The Hall–Kier alpha value is -2.34. The van der Waals surface area contributed by atoms with E-state index in [2.05, 4.69) is 5.32 Å². The van der Waals surface area contributed by atoms with Gasteiger partial charge in [-0.3, -0.25) is 9.69 Å². The van der Waals surface area contributed by atoms with Crippen LogP contribution >= 0.6 is 0 Å². The molecule has 0 bridgehead atoms. The van der Waals surface area contributed by atoms with Crippen LogP contribution in [0.25, 0.3) is 0 Å². The van der Waals surface area contributed by atoms with Gasteiger partial charge in [0, 0.05) is 6.54 Å². The zero-order valence-corrected chi connectivity index (χ0v) is 12.9. The Morgan fingerprint density at radius 1 is 1.13 bits per heavy atom. The van der Waals surface area contributed by atoms with E-state index >= 15 is 0 Å². The van der Waals surface area contributed by atoms with Crippen molar-refractivity contribution >= 4 is 11.6 Å². The number of likely N-dealkylation sites (N-methyl/N-ethyl adjacent to an activating group) is 1. The molecule has 0 aliphatic carbocycles. The molecule has 0 saturated heterocycles. The van der Waals surface area contributed by atoms with E-state index in [0.29, 0.717) is 6.54 Å². The Bertz CT molecular complexity index is 719. The maximum absolute atomic E-state index is 13.5. The number of halogens is 3. The summed E-state index contributed by atoms with van der Waals surface area (Å²) in [6.07, 6.45) is 0. The second-order valence-electron chi connectivity index (χ2n) is 5.43. The van der Waals surface area contributed by atoms with E-state index in [1.54, 1.807) is 11.9 Å². The number of aryl methyl sites for hydroxylation is 1. The maximum Gasteiger partial charge on any atom is 0.238 e. The SMILES string of the molecule is Cc1cccc(CN(C)CC(=O)Nc2ccc(F)c(F)c2F)c1. The Balaban J connectivity index is 1.95. The van der Waals surface area contributed by atoms with Gasteiger partial charge in [0.25, 0.3) is 0 Å². The topological polar surface area (TPSA) is 32.3 Å². The van der Waals surface area contributed by atoms with Crippen molar-refractivity contribution in [3.63, 3.8) is 0 Å². The highest BCUT2D eigenvalue weighted by atomic mass is 19.2. The van der Waals surface area contributed by atoms with Crippen LogP contribution in [-0.4, -0.2) is 24.4 Å². The average Bonchev–Trinajstić information content (AvgIpc) is 2.47. The third kappa shape index (κ3) is 4.56. The summed E-state index contributed by atoms with van der Waals surface area (Å²) in [6, 6.07) is 9.61. The first-order chi connectivity index (χ1) is 10.9. The molecular weight excluding hydrogens is 305 g/mol. The summed E-state index contributed by atoms with van der Waals surface area (Å²) in [5, 5.41) is 2.24. The molecule has 3 nitrogen and oxygen atoms in total. The second kappa shape index (κ2) is 7.28. The first-order valence-electron chi connectivity index (χ1n) is 7.04. The number of hydrogen-bond donors (Lipinski definition) is 1. The highest BCUT2D eigenvalue weighted by molar-refractivity contribution is 5.92. The fraction of sp³-hybridized carbons (Fsp3) is 0.235. The van der Waals surface area contributed by atoms with Gasteiger partial charge in [0.1, 0.15) is 0 Å². The summed E-state index contributed by atoms with van der Waals surface area (Å²) < 4.78 is 39.5. The van der Waals surface area contributed by atoms with E-state index in [4.69, 9.17) is 0 Å². The van der Waals surface area contributed by atoms with E-state index < -0.39 is 23.4 Å². The van der Waals surface area contributed by atoms with Gasteiger partial charge in [-0.15, -0.1) is 0 Å². The number of rotatable bonds is 5. The first-order valence-corrected chi connectivity index (χ1v) is 7.04. The fourth-order valence-electron chi connectivity index (χ4n) is 2.24. The van der Waals surface area contributed by atoms with E-state index in [1.165, 1.54) is 0 Å². The summed E-state index contributed by atoms with van der Waals surface area (Å²) in [7, 11) is 1.74. The largest absolute Gasteiger partial charge is 0.322 e. The van der Waals surface area contributed by atoms with E-state index in [9.17, 15) is 18.0 Å². The molecule has 0 spiro atoms. The number of nitrogens with one attached hydrogen (secondary N) is 1. The number of benzene rings is 2. The Morgan fingerprint density at radius 3 is 2.57 bits per heavy atom. The van der Waals surface area contributed by atoms with Gasteiger partial charge < -0.3 is 5.32 Å². The molecule has 0 unspecified atom stereocenters. The zero-order valence-electron chi connectivity index (χ0n) is 12.9. The summed E-state index contributed by atoms with van der Waals surface area (Å²) in [5.41, 5.74) is 1.78. The molecule has 2 rings (SSSR count). The molecule has 23 heavy (non-hydrogen) atoms. The highest BCUT2D eigenvalue weighted by Gasteiger charge is 2.16. The van der Waals surface area contributed by atoms with E-state index in [-0.39, 0.29) is 12.2 Å². The lowest BCUT2D eigenvalue weighted by Crippen LogP contribution is -2.30. The number of anilines is 1. The van der Waals surface area contributed by atoms with Gasteiger partial charge in [-0.2, -0.15) is 0 Å². The molecule has 2 aromatic carbocycles. The van der Waals surface area contributed by atoms with Crippen molar-refractivity contribution in [3.05, 3.63) is 65.0 Å². The fourth-order valence-corrected chi connectivity index (χ4v) is 2.24. The lowest BCUT2D eigenvalue weighted by molar-refractivity contribution is -0.117. The lowest BCUT2D eigenvalue weighted by atomic mass is 10.1. The molecule has 0 atom stereocenters. The molecule has 0 aliphatic rings. The monoisotopic (exact) mass is 322 g/mol. The molecule has 0 fully saturated rings. The van der Waals surface area contributed by atoms with Crippen LogP contribution in [0.15, 0.2) is 36.4 Å². The van der Waals surface area contributed by atoms with Crippen LogP contribution in [0.3, 0.4) is 0 Å². The maximum atomic E-state index is 13.5. The molecule has 6 heteroatoms. The molecule has 0 radical (unpaired) electrons. The Labute approximate surface area is 132 Å². The molecule has 1 amide bonds. The molecule has 0 heterocycles. The molecule has 1 N–H and O–H groups in total. The van der Waals surface area contributed by atoms with Crippen LogP contribution in [0.4, 0.5) is 18.9 Å². The standard InChI is InChI=1S/C17H17F3N2O/c1-11-4-3-5-12(8-11)9-22(2)10-15(23)21-14-7-6-13(18)16(19)17(14)20/h3-8H,9-10H2,1-2H3,(H,21,23). The molecule has 0 aliphatic heterocycles. The number of hydrogen-bond acceptors (Lipinski definition) is 2. The molecular formula is C17H17F3N2O. The minimum Gasteiger partial charge on any atom is -0.322 e. The zero-order chi connectivity index (χ0) is 17.0. The minimum atomic E-state index is -1.60. The van der Waals surface area contributed by atoms with Gasteiger partial charge in [0.2, 0.25) is 5.91 Å². The van der Waals surface area contributed by atoms with Gasteiger partial charge in [-0.25, -0.2) is 13.2 Å². The van der Waals surface area contributed by atoms with Crippen molar-refractivity contribution in [1.82, 2.24) is 4.90 Å². The summed E-state index contributed by atoms with van der Waals surface area (Å²) in [4.78, 5) is 13.6. The lowest BCUT2D eigenvalue weighted by Gasteiger charge is -2.17. The predicted octanol–water partition coefficient (Wildman–Crippen LogP) is 3.48. The number of carbonyl (C=O) groups is 1. The van der Waals surface area contributed by atoms with Crippen molar-refractivity contribution in [2.75, 3.05) is 18.9 Å². The van der Waals surface area contributed by atoms with Gasteiger partial charge in [-0.05, 0) is 31.7 Å². The quantitative estimate of drug-likeness (QED) is 0.855. The molecule has 0 aromatic heterocycles. The van der Waals surface area contributed by atoms with Gasteiger partial charge in [-0.1, -0.05) is 29.8 Å². The van der Waals surface area contributed by atoms with Crippen molar-refractivity contribution < 1.29 is 18.0 Å². The van der Waals surface area contributed by atoms with Crippen LogP contribution in [0.2, 0.25) is 0 Å². The van der Waals surface area contributed by atoms with Crippen LogP contribution in [0.5, 0.6) is 0 Å². The molecule has 0 saturated carbocycles. The second-order valence-corrected chi connectivity index (χ2v) is 5.43. The van der Waals surface area contributed by atoms with Gasteiger partial charge >= 0.3 is 0 Å². The van der Waals surface area contributed by atoms with Crippen molar-refractivity contribution in [1.29, 1.82) is 0 Å². The van der Waals surface area contributed by atoms with Crippen LogP contribution in [0, 0.1) is 24.4 Å². The van der Waals surface area contributed by atoms with Gasteiger partial charge in [0.05, 0.1) is 12.2 Å². The number of nitrogens with zero attached hydrogens (tertiary/aromatic N) is 1. The predicted molar refractivity (Wildman–Crippen MR) is 82.5 cm³/mol. The normalized spacial score (nSPS) is 10.9. The first kappa shape index (κ1) is 17.0. The average molecular weight is 322 g/mol. The third-order valence-corrected chi connectivity index (χ3v) is 3.26. The van der Waals surface area contributed by atoms with Crippen LogP contribution in [-0.2, 0) is 11.3 Å². The highest BCUT2D eigenvalue weighted by Crippen LogP contribution is 2.19. The van der Waals surface area contributed by atoms with Crippen molar-refractivity contribution in [2.45, 2.75) is 13.5 Å². The van der Waals surface area contributed by atoms with Crippen molar-refractivity contribution in [2.24, 2.45) is 0 Å². The summed E-state index contributed by atoms with van der Waals surface area (Å²) >= 11 is 0. The van der Waals surface area contributed by atoms with Crippen LogP contribution in [0.1, 0.15) is 11.1 Å². The van der Waals surface area contributed by atoms with Crippen molar-refractivity contribution in [3.8, 4) is 0 Å². The van der Waals surface area contributed by atoms with Gasteiger partial charge in [0.15, 0.2) is 17.5 Å².